The molecule has 4 nitrogen and oxygen atoms in total. The average Bonchev–Trinajstić information content (AvgIpc) is 2.47. The van der Waals surface area contributed by atoms with Gasteiger partial charge in [-0.1, -0.05) is 32.8 Å². The van der Waals surface area contributed by atoms with E-state index in [4.69, 9.17) is 4.74 Å². The van der Waals surface area contributed by atoms with Crippen molar-refractivity contribution in [3.8, 4) is 0 Å². The summed E-state index contributed by atoms with van der Waals surface area (Å²) in [5, 5.41) is 3.26. The van der Waals surface area contributed by atoms with Crippen molar-refractivity contribution in [2.75, 3.05) is 7.11 Å². The van der Waals surface area contributed by atoms with E-state index >= 15 is 0 Å². The molecule has 106 valence electrons. The van der Waals surface area contributed by atoms with Crippen LogP contribution in [-0.4, -0.2) is 24.1 Å². The third-order valence-electron chi connectivity index (χ3n) is 3.21. The number of hydrogen-bond acceptors (Lipinski definition) is 4. The Bertz CT molecular complexity index is 393. The van der Waals surface area contributed by atoms with E-state index in [1.165, 1.54) is 12.7 Å². The normalized spacial score (nSPS) is 12.2. The highest BCUT2D eigenvalue weighted by Gasteiger charge is 2.18. The molecule has 1 N–H and O–H groups in total. The molecule has 0 amide bonds. The van der Waals surface area contributed by atoms with Gasteiger partial charge in [0, 0.05) is 12.7 Å². The first-order valence-electron chi connectivity index (χ1n) is 6.96. The van der Waals surface area contributed by atoms with Gasteiger partial charge in [0.1, 0.15) is 6.04 Å². The summed E-state index contributed by atoms with van der Waals surface area (Å²) in [5.74, 6) is -0.192. The number of hydrogen-bond donors (Lipinski definition) is 1. The molecule has 1 atom stereocenters. The van der Waals surface area contributed by atoms with E-state index in [9.17, 15) is 4.79 Å². The molecule has 0 aliphatic heterocycles. The maximum absolute atomic E-state index is 11.7. The maximum atomic E-state index is 11.7. The lowest BCUT2D eigenvalue weighted by molar-refractivity contribution is -0.143. The average molecular weight is 264 g/mol. The zero-order valence-electron chi connectivity index (χ0n) is 12.1. The first kappa shape index (κ1) is 15.6. The molecular formula is C15H24N2O2. The predicted octanol–water partition coefficient (Wildman–Crippen LogP) is 2.47. The van der Waals surface area contributed by atoms with Gasteiger partial charge in [0.15, 0.2) is 0 Å². The number of unbranched alkanes of at least 4 members (excludes halogenated alkanes) is 1. The van der Waals surface area contributed by atoms with Crippen LogP contribution in [0.2, 0.25) is 0 Å². The minimum Gasteiger partial charge on any atom is -0.468 e. The van der Waals surface area contributed by atoms with Gasteiger partial charge >= 0.3 is 5.97 Å². The number of aromatic nitrogens is 1. The Balaban J connectivity index is 2.62. The second-order valence-corrected chi connectivity index (χ2v) is 4.56. The monoisotopic (exact) mass is 264 g/mol. The summed E-state index contributed by atoms with van der Waals surface area (Å²) >= 11 is 0. The highest BCUT2D eigenvalue weighted by atomic mass is 16.5. The first-order valence-corrected chi connectivity index (χ1v) is 6.96. The van der Waals surface area contributed by atoms with Crippen LogP contribution in [0.4, 0.5) is 0 Å². The molecule has 0 saturated heterocycles. The topological polar surface area (TPSA) is 51.2 Å². The lowest BCUT2D eigenvalue weighted by Crippen LogP contribution is -2.37. The second kappa shape index (κ2) is 8.64. The Hall–Kier alpha value is -1.42. The number of carbonyl (C=O) groups excluding carboxylic acids is 1. The van der Waals surface area contributed by atoms with Gasteiger partial charge in [-0.2, -0.15) is 0 Å². The third-order valence-corrected chi connectivity index (χ3v) is 3.21. The first-order chi connectivity index (χ1) is 9.22. The molecule has 19 heavy (non-hydrogen) atoms. The molecule has 0 aromatic carbocycles. The highest BCUT2D eigenvalue weighted by molar-refractivity contribution is 5.75. The van der Waals surface area contributed by atoms with Crippen molar-refractivity contribution >= 4 is 5.97 Å². The Labute approximate surface area is 115 Å². The predicted molar refractivity (Wildman–Crippen MR) is 75.8 cm³/mol. The molecule has 1 aromatic heterocycles. The van der Waals surface area contributed by atoms with Crippen molar-refractivity contribution in [2.24, 2.45) is 0 Å². The van der Waals surface area contributed by atoms with Crippen LogP contribution in [0.5, 0.6) is 0 Å². The molecule has 4 heteroatoms. The zero-order chi connectivity index (χ0) is 14.1. The van der Waals surface area contributed by atoms with Crippen molar-refractivity contribution in [3.05, 3.63) is 29.6 Å². The number of esters is 1. The summed E-state index contributed by atoms with van der Waals surface area (Å²) in [6.45, 7) is 4.82. The largest absolute Gasteiger partial charge is 0.468 e. The van der Waals surface area contributed by atoms with Crippen LogP contribution in [0, 0.1) is 0 Å². The summed E-state index contributed by atoms with van der Waals surface area (Å²) in [7, 11) is 1.43. The summed E-state index contributed by atoms with van der Waals surface area (Å²) in [4.78, 5) is 16.1. The van der Waals surface area contributed by atoms with E-state index < -0.39 is 0 Å². The van der Waals surface area contributed by atoms with E-state index in [1.807, 2.05) is 6.07 Å². The lowest BCUT2D eigenvalue weighted by Gasteiger charge is -2.16. The molecule has 1 heterocycles. The van der Waals surface area contributed by atoms with E-state index in [0.717, 1.165) is 31.4 Å². The number of nitrogens with one attached hydrogen (secondary N) is 1. The van der Waals surface area contributed by atoms with Crippen LogP contribution < -0.4 is 5.32 Å². The highest BCUT2D eigenvalue weighted by Crippen LogP contribution is 2.08. The fraction of sp³-hybridized carbons (Fsp3) is 0.600. The van der Waals surface area contributed by atoms with Crippen molar-refractivity contribution in [1.29, 1.82) is 0 Å². The number of methoxy groups -OCH3 is 1. The molecule has 0 aliphatic carbocycles. The smallest absolute Gasteiger partial charge is 0.322 e. The number of carbonyl (C=O) groups is 1. The Morgan fingerprint density at radius 2 is 2.26 bits per heavy atom. The van der Waals surface area contributed by atoms with E-state index in [0.29, 0.717) is 6.54 Å². The molecule has 0 radical (unpaired) electrons. The molecule has 0 spiro atoms. The van der Waals surface area contributed by atoms with Crippen LogP contribution in [0.25, 0.3) is 0 Å². The SMILES string of the molecule is CCCCC(NCc1ncccc1CC)C(=O)OC. The van der Waals surface area contributed by atoms with Crippen LogP contribution in [0.1, 0.15) is 44.4 Å². The minimum absolute atomic E-state index is 0.192. The molecule has 0 bridgehead atoms. The minimum atomic E-state index is -0.239. The van der Waals surface area contributed by atoms with Gasteiger partial charge in [-0.3, -0.25) is 15.1 Å². The molecule has 0 fully saturated rings. The van der Waals surface area contributed by atoms with Crippen molar-refractivity contribution in [1.82, 2.24) is 10.3 Å². The van der Waals surface area contributed by atoms with E-state index in [-0.39, 0.29) is 12.0 Å². The molecular weight excluding hydrogens is 240 g/mol. The Morgan fingerprint density at radius 1 is 1.47 bits per heavy atom. The fourth-order valence-corrected chi connectivity index (χ4v) is 2.03. The number of pyridine rings is 1. The van der Waals surface area contributed by atoms with Crippen LogP contribution in [0.3, 0.4) is 0 Å². The van der Waals surface area contributed by atoms with Gasteiger partial charge < -0.3 is 4.74 Å². The van der Waals surface area contributed by atoms with Crippen LogP contribution >= 0.6 is 0 Å². The number of rotatable bonds is 8. The maximum Gasteiger partial charge on any atom is 0.322 e. The van der Waals surface area contributed by atoms with E-state index in [2.05, 4.69) is 30.2 Å². The van der Waals surface area contributed by atoms with Crippen molar-refractivity contribution < 1.29 is 9.53 Å². The van der Waals surface area contributed by atoms with Gasteiger partial charge in [-0.25, -0.2) is 0 Å². The number of ether oxygens (including phenoxy) is 1. The molecule has 0 aliphatic rings. The number of aryl methyl sites for hydroxylation is 1. The molecule has 1 aromatic rings. The van der Waals surface area contributed by atoms with Crippen molar-refractivity contribution in [3.63, 3.8) is 0 Å². The quantitative estimate of drug-likeness (QED) is 0.733. The summed E-state index contributed by atoms with van der Waals surface area (Å²) in [5.41, 5.74) is 2.23. The van der Waals surface area contributed by atoms with Gasteiger partial charge in [-0.05, 0) is 24.5 Å². The molecule has 1 unspecified atom stereocenters. The van der Waals surface area contributed by atoms with Crippen LogP contribution in [0.15, 0.2) is 18.3 Å². The standard InChI is InChI=1S/C15H24N2O2/c1-4-6-9-13(15(18)19-3)17-11-14-12(5-2)8-7-10-16-14/h7-8,10,13,17H,4-6,9,11H2,1-3H3. The Kier molecular flexibility index (Phi) is 7.11. The van der Waals surface area contributed by atoms with E-state index in [1.54, 1.807) is 6.20 Å². The van der Waals surface area contributed by atoms with Gasteiger partial charge in [0.25, 0.3) is 0 Å². The van der Waals surface area contributed by atoms with Crippen LogP contribution in [-0.2, 0) is 22.5 Å². The fourth-order valence-electron chi connectivity index (χ4n) is 2.03. The second-order valence-electron chi connectivity index (χ2n) is 4.56. The molecule has 1 rings (SSSR count). The number of nitrogens with zero attached hydrogens (tertiary/aromatic N) is 1. The molecule has 0 saturated carbocycles. The third kappa shape index (κ3) is 4.99. The van der Waals surface area contributed by atoms with Gasteiger partial charge in [0.05, 0.1) is 12.8 Å². The van der Waals surface area contributed by atoms with Crippen molar-refractivity contribution in [2.45, 2.75) is 52.1 Å². The van der Waals surface area contributed by atoms with Gasteiger partial charge in [0.2, 0.25) is 0 Å². The summed E-state index contributed by atoms with van der Waals surface area (Å²) < 4.78 is 4.83. The summed E-state index contributed by atoms with van der Waals surface area (Å²) in [6, 6.07) is 3.78. The van der Waals surface area contributed by atoms with Gasteiger partial charge in [-0.15, -0.1) is 0 Å². The lowest BCUT2D eigenvalue weighted by atomic mass is 10.1. The zero-order valence-corrected chi connectivity index (χ0v) is 12.1. The summed E-state index contributed by atoms with van der Waals surface area (Å²) in [6.07, 6.45) is 5.62. The Morgan fingerprint density at radius 3 is 2.89 bits per heavy atom.